The second-order valence-corrected chi connectivity index (χ2v) is 5.91. The van der Waals surface area contributed by atoms with E-state index in [4.69, 9.17) is 28.6 Å². The predicted octanol–water partition coefficient (Wildman–Crippen LogP) is 4.41. The minimum atomic E-state index is -0.243. The van der Waals surface area contributed by atoms with Crippen molar-refractivity contribution >= 4 is 40.8 Å². The molecule has 2 aromatic rings. The second-order valence-electron chi connectivity index (χ2n) is 5.03. The SMILES string of the molecule is N=C1CN(Cc2ccccc2)C(=O)N1c1cc(Cl)cc(Cl)c1. The third-order valence-electron chi connectivity index (χ3n) is 3.39. The number of benzene rings is 2. The van der Waals surface area contributed by atoms with Crippen molar-refractivity contribution in [1.82, 2.24) is 4.90 Å². The number of nitrogens with zero attached hydrogens (tertiary/aromatic N) is 2. The normalized spacial score (nSPS) is 14.8. The van der Waals surface area contributed by atoms with Crippen LogP contribution in [0.15, 0.2) is 48.5 Å². The topological polar surface area (TPSA) is 47.4 Å². The minimum absolute atomic E-state index is 0.208. The molecule has 1 fully saturated rings. The molecule has 0 atom stereocenters. The lowest BCUT2D eigenvalue weighted by atomic mass is 10.2. The van der Waals surface area contributed by atoms with Gasteiger partial charge in [0.15, 0.2) is 0 Å². The zero-order valence-corrected chi connectivity index (χ0v) is 13.1. The first-order valence-electron chi connectivity index (χ1n) is 6.71. The minimum Gasteiger partial charge on any atom is -0.312 e. The Morgan fingerprint density at radius 1 is 1.05 bits per heavy atom. The average Bonchev–Trinajstić information content (AvgIpc) is 2.73. The van der Waals surface area contributed by atoms with Crippen LogP contribution < -0.4 is 4.90 Å². The van der Waals surface area contributed by atoms with Gasteiger partial charge in [0, 0.05) is 16.6 Å². The molecule has 6 heteroatoms. The van der Waals surface area contributed by atoms with Gasteiger partial charge in [0.25, 0.3) is 0 Å². The standard InChI is InChI=1S/C16H13Cl2N3O/c17-12-6-13(18)8-14(7-12)21-15(19)10-20(16(21)22)9-11-4-2-1-3-5-11/h1-8,19H,9-10H2. The number of anilines is 1. The number of carbonyl (C=O) groups is 1. The van der Waals surface area contributed by atoms with Gasteiger partial charge in [0.2, 0.25) is 0 Å². The molecule has 1 saturated heterocycles. The maximum Gasteiger partial charge on any atom is 0.330 e. The summed E-state index contributed by atoms with van der Waals surface area (Å²) in [7, 11) is 0. The quantitative estimate of drug-likeness (QED) is 0.888. The van der Waals surface area contributed by atoms with E-state index in [2.05, 4.69) is 0 Å². The number of rotatable bonds is 3. The summed E-state index contributed by atoms with van der Waals surface area (Å²) in [6.07, 6.45) is 0. The Bertz CT molecular complexity index is 713. The number of hydrogen-bond donors (Lipinski definition) is 1. The van der Waals surface area contributed by atoms with Crippen molar-refractivity contribution < 1.29 is 4.79 Å². The summed E-state index contributed by atoms with van der Waals surface area (Å²) >= 11 is 12.0. The van der Waals surface area contributed by atoms with Crippen molar-refractivity contribution in [2.24, 2.45) is 0 Å². The third-order valence-corrected chi connectivity index (χ3v) is 3.83. The van der Waals surface area contributed by atoms with Crippen molar-refractivity contribution in [3.63, 3.8) is 0 Å². The van der Waals surface area contributed by atoms with E-state index in [-0.39, 0.29) is 18.4 Å². The van der Waals surface area contributed by atoms with E-state index in [9.17, 15) is 4.79 Å². The van der Waals surface area contributed by atoms with Crippen LogP contribution in [-0.4, -0.2) is 23.3 Å². The average molecular weight is 334 g/mol. The molecule has 3 rings (SSSR count). The molecule has 0 aliphatic carbocycles. The third kappa shape index (κ3) is 2.93. The van der Waals surface area contributed by atoms with E-state index >= 15 is 0 Å². The van der Waals surface area contributed by atoms with Gasteiger partial charge < -0.3 is 4.90 Å². The largest absolute Gasteiger partial charge is 0.330 e. The van der Waals surface area contributed by atoms with E-state index in [1.54, 1.807) is 23.1 Å². The molecule has 1 aliphatic rings. The van der Waals surface area contributed by atoms with Gasteiger partial charge in [0.05, 0.1) is 12.2 Å². The van der Waals surface area contributed by atoms with Crippen molar-refractivity contribution in [3.05, 3.63) is 64.1 Å². The molecule has 1 heterocycles. The number of amidine groups is 1. The lowest BCUT2D eigenvalue weighted by Crippen LogP contribution is -2.32. The zero-order chi connectivity index (χ0) is 15.7. The summed E-state index contributed by atoms with van der Waals surface area (Å²) in [5, 5.41) is 8.96. The summed E-state index contributed by atoms with van der Waals surface area (Å²) in [5.74, 6) is 0.208. The van der Waals surface area contributed by atoms with Gasteiger partial charge in [-0.1, -0.05) is 53.5 Å². The summed E-state index contributed by atoms with van der Waals surface area (Å²) in [6, 6.07) is 14.3. The lowest BCUT2D eigenvalue weighted by molar-refractivity contribution is 0.219. The highest BCUT2D eigenvalue weighted by Crippen LogP contribution is 2.29. The molecule has 2 aromatic carbocycles. The van der Waals surface area contributed by atoms with E-state index < -0.39 is 0 Å². The van der Waals surface area contributed by atoms with Crippen LogP contribution in [0, 0.1) is 5.41 Å². The first kappa shape index (κ1) is 14.9. The van der Waals surface area contributed by atoms with E-state index in [1.807, 2.05) is 30.3 Å². The van der Waals surface area contributed by atoms with Crippen LogP contribution in [0.5, 0.6) is 0 Å². The van der Waals surface area contributed by atoms with Gasteiger partial charge in [0.1, 0.15) is 5.84 Å². The van der Waals surface area contributed by atoms with Crippen LogP contribution in [0.4, 0.5) is 10.5 Å². The number of halogens is 2. The first-order chi connectivity index (χ1) is 10.5. The smallest absolute Gasteiger partial charge is 0.312 e. The molecule has 0 bridgehead atoms. The van der Waals surface area contributed by atoms with Crippen molar-refractivity contribution in [2.45, 2.75) is 6.54 Å². The summed E-state index contributed by atoms with van der Waals surface area (Å²) in [6.45, 7) is 0.727. The molecule has 0 unspecified atom stereocenters. The second kappa shape index (κ2) is 5.99. The summed E-state index contributed by atoms with van der Waals surface area (Å²) < 4.78 is 0. The van der Waals surface area contributed by atoms with Crippen LogP contribution in [0.1, 0.15) is 5.56 Å². The van der Waals surface area contributed by atoms with Gasteiger partial charge in [-0.3, -0.25) is 5.41 Å². The molecule has 1 aliphatic heterocycles. The van der Waals surface area contributed by atoms with Crippen molar-refractivity contribution in [3.8, 4) is 0 Å². The van der Waals surface area contributed by atoms with Crippen LogP contribution in [0.3, 0.4) is 0 Å². The highest BCUT2D eigenvalue weighted by Gasteiger charge is 2.34. The van der Waals surface area contributed by atoms with Crippen LogP contribution >= 0.6 is 23.2 Å². The molecule has 22 heavy (non-hydrogen) atoms. The Labute approximate surface area is 138 Å². The van der Waals surface area contributed by atoms with Gasteiger partial charge in [-0.25, -0.2) is 9.69 Å². The van der Waals surface area contributed by atoms with Crippen LogP contribution in [0.25, 0.3) is 0 Å². The molecule has 4 nitrogen and oxygen atoms in total. The molecular formula is C16H13Cl2N3O. The first-order valence-corrected chi connectivity index (χ1v) is 7.46. The van der Waals surface area contributed by atoms with E-state index in [0.29, 0.717) is 22.3 Å². The molecule has 0 spiro atoms. The highest BCUT2D eigenvalue weighted by atomic mass is 35.5. The fourth-order valence-corrected chi connectivity index (χ4v) is 2.95. The van der Waals surface area contributed by atoms with Crippen LogP contribution in [-0.2, 0) is 6.54 Å². The Morgan fingerprint density at radius 3 is 2.32 bits per heavy atom. The zero-order valence-electron chi connectivity index (χ0n) is 11.6. The molecule has 2 amide bonds. The number of urea groups is 1. The maximum atomic E-state index is 12.6. The van der Waals surface area contributed by atoms with E-state index in [0.717, 1.165) is 5.56 Å². The maximum absolute atomic E-state index is 12.6. The monoisotopic (exact) mass is 333 g/mol. The number of amides is 2. The van der Waals surface area contributed by atoms with Gasteiger partial charge in [-0.05, 0) is 23.8 Å². The highest BCUT2D eigenvalue weighted by molar-refractivity contribution is 6.35. The molecule has 0 aromatic heterocycles. The van der Waals surface area contributed by atoms with E-state index in [1.165, 1.54) is 4.90 Å². The van der Waals surface area contributed by atoms with Gasteiger partial charge in [-0.15, -0.1) is 0 Å². The number of hydrogen-bond acceptors (Lipinski definition) is 2. The Morgan fingerprint density at radius 2 is 1.68 bits per heavy atom. The molecule has 1 N–H and O–H groups in total. The number of carbonyl (C=O) groups excluding carboxylic acids is 1. The predicted molar refractivity (Wildman–Crippen MR) is 88.9 cm³/mol. The fraction of sp³-hybridized carbons (Fsp3) is 0.125. The Balaban J connectivity index is 1.85. The molecule has 0 saturated carbocycles. The van der Waals surface area contributed by atoms with Crippen molar-refractivity contribution in [1.29, 1.82) is 5.41 Å². The summed E-state index contributed by atoms with van der Waals surface area (Å²) in [5.41, 5.74) is 1.54. The Kier molecular flexibility index (Phi) is 4.05. The van der Waals surface area contributed by atoms with Crippen molar-refractivity contribution in [2.75, 3.05) is 11.4 Å². The molecule has 0 radical (unpaired) electrons. The van der Waals surface area contributed by atoms with Gasteiger partial charge in [-0.2, -0.15) is 0 Å². The fourth-order valence-electron chi connectivity index (χ4n) is 2.44. The molecule has 112 valence electrons. The van der Waals surface area contributed by atoms with Crippen LogP contribution in [0.2, 0.25) is 10.0 Å². The lowest BCUT2D eigenvalue weighted by Gasteiger charge is -2.18. The molecular weight excluding hydrogens is 321 g/mol. The Hall–Kier alpha value is -2.04. The number of nitrogens with one attached hydrogen (secondary N) is 1. The van der Waals surface area contributed by atoms with Gasteiger partial charge >= 0.3 is 6.03 Å². The summed E-state index contributed by atoms with van der Waals surface area (Å²) in [4.78, 5) is 15.5.